The van der Waals surface area contributed by atoms with E-state index in [9.17, 15) is 9.90 Å². The lowest BCUT2D eigenvalue weighted by atomic mass is 9.87. The van der Waals surface area contributed by atoms with E-state index < -0.39 is 11.9 Å². The van der Waals surface area contributed by atoms with Crippen LogP contribution in [0.15, 0.2) is 109 Å². The number of hydrogen-bond donors (Lipinski definition) is 1. The molecule has 202 valence electrons. The zero-order valence-electron chi connectivity index (χ0n) is 23.3. The summed E-state index contributed by atoms with van der Waals surface area (Å²) in [5.41, 5.74) is 6.56. The molecule has 4 aromatic carbocycles. The van der Waals surface area contributed by atoms with Crippen LogP contribution < -0.4 is 4.74 Å². The second-order valence-electron chi connectivity index (χ2n) is 11.2. The molecule has 0 spiro atoms. The van der Waals surface area contributed by atoms with Crippen molar-refractivity contribution in [1.29, 1.82) is 0 Å². The first-order valence-electron chi connectivity index (χ1n) is 13.5. The molecule has 0 saturated carbocycles. The molecular weight excluding hydrogens is 496 g/mol. The lowest BCUT2D eigenvalue weighted by molar-refractivity contribution is -0.138. The van der Waals surface area contributed by atoms with Crippen molar-refractivity contribution in [3.63, 3.8) is 0 Å². The highest BCUT2D eigenvalue weighted by atomic mass is 16.5. The fourth-order valence-corrected chi connectivity index (χ4v) is 4.80. The van der Waals surface area contributed by atoms with Gasteiger partial charge in [-0.25, -0.2) is 4.68 Å². The van der Waals surface area contributed by atoms with Crippen LogP contribution in [0, 0.1) is 6.92 Å². The van der Waals surface area contributed by atoms with Gasteiger partial charge in [0.1, 0.15) is 11.5 Å². The normalized spacial score (nSPS) is 12.2. The molecule has 0 radical (unpaired) electrons. The Hall–Kier alpha value is -4.64. The van der Waals surface area contributed by atoms with Gasteiger partial charge in [-0.15, -0.1) is 0 Å². The smallest absolute Gasteiger partial charge is 0.311 e. The first-order chi connectivity index (χ1) is 19.2. The summed E-state index contributed by atoms with van der Waals surface area (Å²) in [5.74, 6) is -0.0433. The van der Waals surface area contributed by atoms with Crippen LogP contribution in [0.5, 0.6) is 11.5 Å². The van der Waals surface area contributed by atoms with Crippen LogP contribution in [0.1, 0.15) is 49.1 Å². The lowest BCUT2D eigenvalue weighted by Crippen LogP contribution is -2.15. The number of carboxylic acids is 1. The zero-order chi connectivity index (χ0) is 28.3. The second-order valence-corrected chi connectivity index (χ2v) is 11.2. The van der Waals surface area contributed by atoms with Gasteiger partial charge in [0.15, 0.2) is 0 Å². The van der Waals surface area contributed by atoms with Gasteiger partial charge in [0.2, 0.25) is 0 Å². The van der Waals surface area contributed by atoms with Crippen molar-refractivity contribution >= 4 is 5.97 Å². The van der Waals surface area contributed by atoms with Crippen LogP contribution in [-0.2, 0) is 16.6 Å². The zero-order valence-corrected chi connectivity index (χ0v) is 23.3. The highest BCUT2D eigenvalue weighted by molar-refractivity contribution is 5.76. The van der Waals surface area contributed by atoms with Crippen molar-refractivity contribution in [1.82, 2.24) is 9.78 Å². The van der Waals surface area contributed by atoms with E-state index in [2.05, 4.69) is 45.0 Å². The number of ether oxygens (including phenoxy) is 1. The van der Waals surface area contributed by atoms with E-state index in [1.54, 1.807) is 0 Å². The summed E-state index contributed by atoms with van der Waals surface area (Å²) in [6.07, 6.45) is 0.286. The summed E-state index contributed by atoms with van der Waals surface area (Å²) in [7, 11) is 0. The number of aromatic nitrogens is 2. The number of para-hydroxylation sites is 1. The quantitative estimate of drug-likeness (QED) is 0.219. The van der Waals surface area contributed by atoms with Gasteiger partial charge in [-0.1, -0.05) is 80.9 Å². The summed E-state index contributed by atoms with van der Waals surface area (Å²) >= 11 is 0. The molecule has 1 N–H and O–H groups in total. The van der Waals surface area contributed by atoms with Gasteiger partial charge in [0.05, 0.1) is 23.0 Å². The molecule has 1 atom stereocenters. The van der Waals surface area contributed by atoms with Crippen molar-refractivity contribution in [3.05, 3.63) is 132 Å². The van der Waals surface area contributed by atoms with Crippen LogP contribution in [0.3, 0.4) is 0 Å². The molecule has 0 bridgehead atoms. The SMILES string of the molecule is Cc1cccc(C(Cc2cc(-c3ccc(Oc4ccccc4)cc3)n(-c3ccc(C(C)(C)C)cc3)n2)C(=O)O)c1. The fraction of sp³-hybridized carbons (Fsp3) is 0.200. The summed E-state index contributed by atoms with van der Waals surface area (Å²) in [6, 6.07) is 35.7. The van der Waals surface area contributed by atoms with E-state index in [0.29, 0.717) is 5.69 Å². The van der Waals surface area contributed by atoms with E-state index >= 15 is 0 Å². The third-order valence-corrected chi connectivity index (χ3v) is 7.02. The Morgan fingerprint density at radius 3 is 2.15 bits per heavy atom. The fourth-order valence-electron chi connectivity index (χ4n) is 4.80. The van der Waals surface area contributed by atoms with Crippen LogP contribution in [-0.4, -0.2) is 20.9 Å². The van der Waals surface area contributed by atoms with Crippen molar-refractivity contribution in [2.24, 2.45) is 0 Å². The van der Waals surface area contributed by atoms with E-state index in [0.717, 1.165) is 39.6 Å². The molecule has 40 heavy (non-hydrogen) atoms. The monoisotopic (exact) mass is 530 g/mol. The first kappa shape index (κ1) is 26.9. The number of rotatable bonds is 8. The number of carbonyl (C=O) groups is 1. The van der Waals surface area contributed by atoms with Gasteiger partial charge < -0.3 is 9.84 Å². The molecule has 1 unspecified atom stereocenters. The van der Waals surface area contributed by atoms with Crippen molar-refractivity contribution < 1.29 is 14.6 Å². The van der Waals surface area contributed by atoms with Gasteiger partial charge in [0, 0.05) is 12.0 Å². The van der Waals surface area contributed by atoms with Crippen molar-refractivity contribution in [2.75, 3.05) is 0 Å². The predicted octanol–water partition coefficient (Wildman–Crippen LogP) is 8.35. The minimum Gasteiger partial charge on any atom is -0.481 e. The average Bonchev–Trinajstić information content (AvgIpc) is 3.36. The molecule has 0 amide bonds. The Labute approximate surface area is 235 Å². The molecular formula is C35H34N2O3. The number of aryl methyl sites for hydroxylation is 1. The Balaban J connectivity index is 1.52. The molecule has 5 rings (SSSR count). The Morgan fingerprint density at radius 2 is 1.52 bits per heavy atom. The lowest BCUT2D eigenvalue weighted by Gasteiger charge is -2.19. The van der Waals surface area contributed by atoms with Crippen LogP contribution in [0.25, 0.3) is 16.9 Å². The molecule has 1 aromatic heterocycles. The van der Waals surface area contributed by atoms with Gasteiger partial charge in [-0.2, -0.15) is 5.10 Å². The van der Waals surface area contributed by atoms with Crippen LogP contribution in [0.2, 0.25) is 0 Å². The highest BCUT2D eigenvalue weighted by Crippen LogP contribution is 2.31. The van der Waals surface area contributed by atoms with E-state index in [1.165, 1.54) is 5.56 Å². The summed E-state index contributed by atoms with van der Waals surface area (Å²) in [6.45, 7) is 8.54. The maximum atomic E-state index is 12.3. The van der Waals surface area contributed by atoms with Crippen molar-refractivity contribution in [2.45, 2.75) is 45.4 Å². The first-order valence-corrected chi connectivity index (χ1v) is 13.5. The topological polar surface area (TPSA) is 64.4 Å². The van der Waals surface area contributed by atoms with Gasteiger partial charge in [-0.05, 0) is 78.1 Å². The van der Waals surface area contributed by atoms with Crippen LogP contribution in [0.4, 0.5) is 0 Å². The maximum Gasteiger partial charge on any atom is 0.311 e. The molecule has 5 nitrogen and oxygen atoms in total. The molecule has 0 aliphatic carbocycles. The average molecular weight is 531 g/mol. The van der Waals surface area contributed by atoms with Gasteiger partial charge >= 0.3 is 5.97 Å². The largest absolute Gasteiger partial charge is 0.481 e. The maximum absolute atomic E-state index is 12.3. The Bertz CT molecular complexity index is 1600. The minimum atomic E-state index is -0.862. The minimum absolute atomic E-state index is 0.0355. The predicted molar refractivity (Wildman–Crippen MR) is 159 cm³/mol. The van der Waals surface area contributed by atoms with Gasteiger partial charge in [0.25, 0.3) is 0 Å². The Morgan fingerprint density at radius 1 is 0.850 bits per heavy atom. The summed E-state index contributed by atoms with van der Waals surface area (Å²) in [5, 5.41) is 15.0. The molecule has 0 fully saturated rings. The Kier molecular flexibility index (Phi) is 7.56. The molecule has 5 heteroatoms. The third-order valence-electron chi connectivity index (χ3n) is 7.02. The number of hydrogen-bond acceptors (Lipinski definition) is 3. The molecule has 0 aliphatic rings. The standard InChI is InChI=1S/C35H34N2O3/c1-24-9-8-10-26(21-24)32(34(38)39)22-28-23-33(37(36-28)29-17-15-27(16-18-29)35(2,3)4)25-13-19-31(20-14-25)40-30-11-6-5-7-12-30/h5-21,23,32H,22H2,1-4H3,(H,38,39). The molecule has 0 saturated heterocycles. The molecule has 1 heterocycles. The molecule has 0 aliphatic heterocycles. The van der Waals surface area contributed by atoms with Crippen LogP contribution >= 0.6 is 0 Å². The van der Waals surface area contributed by atoms with E-state index in [1.807, 2.05) is 96.5 Å². The number of benzene rings is 4. The van der Waals surface area contributed by atoms with E-state index in [4.69, 9.17) is 9.84 Å². The highest BCUT2D eigenvalue weighted by Gasteiger charge is 2.23. The van der Waals surface area contributed by atoms with E-state index in [-0.39, 0.29) is 11.8 Å². The summed E-state index contributed by atoms with van der Waals surface area (Å²) in [4.78, 5) is 12.3. The number of carboxylic acid groups (broad SMARTS) is 1. The number of nitrogens with zero attached hydrogens (tertiary/aromatic N) is 2. The second kappa shape index (κ2) is 11.2. The molecule has 5 aromatic rings. The number of aliphatic carboxylic acids is 1. The van der Waals surface area contributed by atoms with Crippen molar-refractivity contribution in [3.8, 4) is 28.4 Å². The summed E-state index contributed by atoms with van der Waals surface area (Å²) < 4.78 is 7.89. The third kappa shape index (κ3) is 6.15. The van der Waals surface area contributed by atoms with Gasteiger partial charge in [-0.3, -0.25) is 4.79 Å².